The summed E-state index contributed by atoms with van der Waals surface area (Å²) in [5.74, 6) is -0.414. The first-order chi connectivity index (χ1) is 9.90. The van der Waals surface area contributed by atoms with Crippen LogP contribution in [0.3, 0.4) is 0 Å². The van der Waals surface area contributed by atoms with Gasteiger partial charge in [0.25, 0.3) is 5.69 Å². The zero-order valence-corrected chi connectivity index (χ0v) is 12.0. The van der Waals surface area contributed by atoms with Crippen LogP contribution in [-0.2, 0) is 16.6 Å². The van der Waals surface area contributed by atoms with Crippen molar-refractivity contribution >= 4 is 22.2 Å². The van der Waals surface area contributed by atoms with Crippen molar-refractivity contribution in [2.24, 2.45) is 0 Å². The van der Waals surface area contributed by atoms with Gasteiger partial charge in [-0.2, -0.15) is 0 Å². The first-order valence-electron chi connectivity index (χ1n) is 6.06. The van der Waals surface area contributed by atoms with Crippen LogP contribution in [0.2, 0.25) is 0 Å². The molecule has 1 unspecified atom stereocenters. The number of hydrogen-bond donors (Lipinski definition) is 1. The Morgan fingerprint density at radius 3 is 2.67 bits per heavy atom. The van der Waals surface area contributed by atoms with E-state index in [0.717, 1.165) is 6.07 Å². The van der Waals surface area contributed by atoms with Crippen molar-refractivity contribution in [3.8, 4) is 0 Å². The molecule has 21 heavy (non-hydrogen) atoms. The van der Waals surface area contributed by atoms with Crippen molar-refractivity contribution in [1.29, 1.82) is 0 Å². The molecule has 0 saturated carbocycles. The van der Waals surface area contributed by atoms with Crippen molar-refractivity contribution in [3.05, 3.63) is 63.5 Å². The fraction of sp³-hybridized carbons (Fsp3) is 0.143. The van der Waals surface area contributed by atoms with Gasteiger partial charge >= 0.3 is 0 Å². The number of anilines is 1. The van der Waals surface area contributed by atoms with Gasteiger partial charge in [-0.3, -0.25) is 14.3 Å². The molecule has 0 fully saturated rings. The van der Waals surface area contributed by atoms with Gasteiger partial charge in [0.05, 0.1) is 32.1 Å². The number of nitrogens with zero attached hydrogens (tertiary/aromatic N) is 1. The van der Waals surface area contributed by atoms with Crippen molar-refractivity contribution in [2.75, 3.05) is 5.73 Å². The van der Waals surface area contributed by atoms with Gasteiger partial charge in [-0.05, 0) is 30.7 Å². The monoisotopic (exact) mass is 308 g/mol. The van der Waals surface area contributed by atoms with Crippen LogP contribution in [0.15, 0.2) is 41.3 Å². The van der Waals surface area contributed by atoms with E-state index in [1.165, 1.54) is 18.2 Å². The Hall–Kier alpha value is -2.28. The summed E-state index contributed by atoms with van der Waals surface area (Å²) in [5.41, 5.74) is 6.81. The fourth-order valence-corrected chi connectivity index (χ4v) is 3.26. The summed E-state index contributed by atoms with van der Waals surface area (Å²) in [4.78, 5) is 10.7. The summed E-state index contributed by atoms with van der Waals surface area (Å²) < 4.78 is 25.3. The molecular weight excluding hydrogens is 295 g/mol. The Kier molecular flexibility index (Phi) is 4.32. The van der Waals surface area contributed by atoms with Gasteiger partial charge in [0.1, 0.15) is 5.82 Å². The lowest BCUT2D eigenvalue weighted by Crippen LogP contribution is -2.04. The smallest absolute Gasteiger partial charge is 0.272 e. The molecule has 0 radical (unpaired) electrons. The van der Waals surface area contributed by atoms with E-state index in [2.05, 4.69) is 0 Å². The molecule has 7 heteroatoms. The Labute approximate surface area is 123 Å². The maximum Gasteiger partial charge on any atom is 0.272 e. The molecule has 0 saturated heterocycles. The van der Waals surface area contributed by atoms with Gasteiger partial charge < -0.3 is 5.73 Å². The summed E-state index contributed by atoms with van der Waals surface area (Å²) in [6.45, 7) is 1.61. The lowest BCUT2D eigenvalue weighted by molar-refractivity contribution is -0.385. The first kappa shape index (κ1) is 15.1. The molecule has 0 aliphatic rings. The number of hydrogen-bond acceptors (Lipinski definition) is 4. The highest BCUT2D eigenvalue weighted by molar-refractivity contribution is 7.84. The summed E-state index contributed by atoms with van der Waals surface area (Å²) in [5, 5.41) is 10.9. The second-order valence-corrected chi connectivity index (χ2v) is 5.91. The van der Waals surface area contributed by atoms with Crippen LogP contribution in [-0.4, -0.2) is 9.13 Å². The molecule has 110 valence electrons. The Morgan fingerprint density at radius 2 is 2.05 bits per heavy atom. The molecule has 2 N–H and O–H groups in total. The molecule has 2 aromatic rings. The molecule has 0 aromatic heterocycles. The molecule has 0 amide bonds. The standard InChI is InChI=1S/C14H13FN2O3S/c1-9-10(3-2-4-13(9)17(18)19)8-21(20)14-6-5-11(15)7-12(14)16/h2-7H,8,16H2,1H3. The van der Waals surface area contributed by atoms with E-state index in [4.69, 9.17) is 5.73 Å². The van der Waals surface area contributed by atoms with E-state index in [1.807, 2.05) is 0 Å². The molecule has 0 bridgehead atoms. The highest BCUT2D eigenvalue weighted by Crippen LogP contribution is 2.25. The van der Waals surface area contributed by atoms with Crippen LogP contribution in [0.25, 0.3) is 0 Å². The summed E-state index contributed by atoms with van der Waals surface area (Å²) >= 11 is 0. The third-order valence-corrected chi connectivity index (χ3v) is 4.55. The van der Waals surface area contributed by atoms with E-state index in [0.29, 0.717) is 16.0 Å². The third-order valence-electron chi connectivity index (χ3n) is 3.12. The number of benzene rings is 2. The second kappa shape index (κ2) is 6.01. The van der Waals surface area contributed by atoms with Crippen molar-refractivity contribution < 1.29 is 13.5 Å². The normalized spacial score (nSPS) is 12.1. The molecule has 0 spiro atoms. The maximum atomic E-state index is 13.0. The second-order valence-electron chi connectivity index (χ2n) is 4.49. The van der Waals surface area contributed by atoms with Crippen LogP contribution >= 0.6 is 0 Å². The minimum Gasteiger partial charge on any atom is -0.398 e. The number of nitro benzene ring substituents is 1. The summed E-state index contributed by atoms with van der Waals surface area (Å²) in [6, 6.07) is 8.28. The Bertz CT molecular complexity index is 734. The molecular formula is C14H13FN2O3S. The molecule has 2 rings (SSSR count). The highest BCUT2D eigenvalue weighted by atomic mass is 32.2. The number of nitrogen functional groups attached to an aromatic ring is 1. The first-order valence-corrected chi connectivity index (χ1v) is 7.38. The summed E-state index contributed by atoms with van der Waals surface area (Å²) in [6.07, 6.45) is 0. The van der Waals surface area contributed by atoms with E-state index in [1.54, 1.807) is 19.1 Å². The predicted molar refractivity (Wildman–Crippen MR) is 78.8 cm³/mol. The zero-order valence-electron chi connectivity index (χ0n) is 11.2. The minimum atomic E-state index is -1.50. The van der Waals surface area contributed by atoms with Crippen molar-refractivity contribution in [1.82, 2.24) is 0 Å². The van der Waals surface area contributed by atoms with E-state index in [-0.39, 0.29) is 17.1 Å². The van der Waals surface area contributed by atoms with Gasteiger partial charge in [-0.1, -0.05) is 12.1 Å². The van der Waals surface area contributed by atoms with Gasteiger partial charge in [-0.15, -0.1) is 0 Å². The van der Waals surface area contributed by atoms with Gasteiger partial charge in [-0.25, -0.2) is 4.39 Å². The minimum absolute atomic E-state index is 0.0171. The van der Waals surface area contributed by atoms with Crippen LogP contribution in [0, 0.1) is 22.9 Å². The fourth-order valence-electron chi connectivity index (χ4n) is 1.97. The molecule has 2 aromatic carbocycles. The topological polar surface area (TPSA) is 86.2 Å². The molecule has 5 nitrogen and oxygen atoms in total. The van der Waals surface area contributed by atoms with Crippen LogP contribution in [0.4, 0.5) is 15.8 Å². The SMILES string of the molecule is Cc1c(CS(=O)c2ccc(F)cc2N)cccc1[N+](=O)[O-]. The average Bonchev–Trinajstić information content (AvgIpc) is 2.40. The molecule has 0 aliphatic heterocycles. The maximum absolute atomic E-state index is 13.0. The van der Waals surface area contributed by atoms with E-state index < -0.39 is 21.5 Å². The van der Waals surface area contributed by atoms with Crippen molar-refractivity contribution in [2.45, 2.75) is 17.6 Å². The van der Waals surface area contributed by atoms with E-state index >= 15 is 0 Å². The summed E-state index contributed by atoms with van der Waals surface area (Å²) in [7, 11) is -1.50. The van der Waals surface area contributed by atoms with Gasteiger partial charge in [0, 0.05) is 11.6 Å². The van der Waals surface area contributed by atoms with Crippen molar-refractivity contribution in [3.63, 3.8) is 0 Å². The van der Waals surface area contributed by atoms with Crippen LogP contribution in [0.1, 0.15) is 11.1 Å². The largest absolute Gasteiger partial charge is 0.398 e. The number of nitrogens with two attached hydrogens (primary N) is 1. The Morgan fingerprint density at radius 1 is 1.33 bits per heavy atom. The highest BCUT2D eigenvalue weighted by Gasteiger charge is 2.16. The van der Waals surface area contributed by atoms with E-state index in [9.17, 15) is 18.7 Å². The molecule has 1 atom stereocenters. The lowest BCUT2D eigenvalue weighted by atomic mass is 10.1. The Balaban J connectivity index is 2.32. The number of halogens is 1. The zero-order chi connectivity index (χ0) is 15.6. The quantitative estimate of drug-likeness (QED) is 0.534. The van der Waals surface area contributed by atoms with Crippen LogP contribution < -0.4 is 5.73 Å². The predicted octanol–water partition coefficient (Wildman–Crippen LogP) is 2.93. The van der Waals surface area contributed by atoms with Gasteiger partial charge in [0.2, 0.25) is 0 Å². The lowest BCUT2D eigenvalue weighted by Gasteiger charge is -2.08. The molecule has 0 heterocycles. The number of rotatable bonds is 4. The number of nitro groups is 1. The molecule has 0 aliphatic carbocycles. The average molecular weight is 308 g/mol. The van der Waals surface area contributed by atoms with Crippen LogP contribution in [0.5, 0.6) is 0 Å². The van der Waals surface area contributed by atoms with Gasteiger partial charge in [0.15, 0.2) is 0 Å². The third kappa shape index (κ3) is 3.25.